The topological polar surface area (TPSA) is 81.4 Å². The molecule has 96 valence electrons. The quantitative estimate of drug-likeness (QED) is 0.627. The molecule has 1 aromatic rings. The Kier molecular flexibility index (Phi) is 4.87. The summed E-state index contributed by atoms with van der Waals surface area (Å²) >= 11 is 3.01. The van der Waals surface area contributed by atoms with Crippen LogP contribution < -0.4 is 10.5 Å². The maximum absolute atomic E-state index is 13.5. The van der Waals surface area contributed by atoms with Crippen LogP contribution in [0.1, 0.15) is 0 Å². The summed E-state index contributed by atoms with van der Waals surface area (Å²) in [6, 6.07) is 2.08. The number of nitrogens with two attached hydrogens (primary N) is 1. The highest BCUT2D eigenvalue weighted by atomic mass is 79.9. The van der Waals surface area contributed by atoms with Gasteiger partial charge in [0, 0.05) is 23.8 Å². The molecule has 0 aliphatic carbocycles. The predicted molar refractivity (Wildman–Crippen MR) is 65.6 cm³/mol. The zero-order valence-corrected chi connectivity index (χ0v) is 11.4. The lowest BCUT2D eigenvalue weighted by Crippen LogP contribution is -2.28. The van der Waals surface area contributed by atoms with Crippen molar-refractivity contribution < 1.29 is 17.5 Å². The van der Waals surface area contributed by atoms with Crippen molar-refractivity contribution in [3.63, 3.8) is 0 Å². The zero-order valence-electron chi connectivity index (χ0n) is 9.04. The van der Waals surface area contributed by atoms with Crippen LogP contribution in [0.25, 0.3) is 0 Å². The highest BCUT2D eigenvalue weighted by Crippen LogP contribution is 2.25. The van der Waals surface area contributed by atoms with Crippen LogP contribution in [0.3, 0.4) is 0 Å². The second kappa shape index (κ2) is 5.76. The molecule has 0 fully saturated rings. The molecule has 0 aliphatic rings. The van der Waals surface area contributed by atoms with Crippen molar-refractivity contribution in [1.82, 2.24) is 4.72 Å². The molecule has 3 N–H and O–H groups in total. The van der Waals surface area contributed by atoms with Gasteiger partial charge in [-0.3, -0.25) is 0 Å². The average molecular weight is 327 g/mol. The van der Waals surface area contributed by atoms with Gasteiger partial charge in [0.2, 0.25) is 10.0 Å². The number of hydrogen-bond acceptors (Lipinski definition) is 4. The third-order valence-electron chi connectivity index (χ3n) is 1.94. The fourth-order valence-electron chi connectivity index (χ4n) is 1.11. The van der Waals surface area contributed by atoms with Gasteiger partial charge in [0.1, 0.15) is 10.7 Å². The van der Waals surface area contributed by atoms with E-state index in [0.29, 0.717) is 4.47 Å². The maximum atomic E-state index is 13.5. The van der Waals surface area contributed by atoms with Crippen molar-refractivity contribution in [2.75, 3.05) is 26.0 Å². The number of halogens is 2. The molecule has 0 bridgehead atoms. The number of anilines is 1. The first-order valence-corrected chi connectivity index (χ1v) is 6.89. The molecule has 0 spiro atoms. The normalized spacial score (nSPS) is 11.7. The molecular formula is C9H12BrFN2O3S. The fourth-order valence-corrected chi connectivity index (χ4v) is 2.53. The number of methoxy groups -OCH3 is 1. The number of nitrogen functional groups attached to an aromatic ring is 1. The van der Waals surface area contributed by atoms with Crippen LogP contribution in [0.5, 0.6) is 0 Å². The molecule has 0 saturated heterocycles. The highest BCUT2D eigenvalue weighted by Gasteiger charge is 2.20. The van der Waals surface area contributed by atoms with E-state index in [2.05, 4.69) is 20.7 Å². The molecule has 1 aromatic carbocycles. The minimum absolute atomic E-state index is 0.0637. The summed E-state index contributed by atoms with van der Waals surface area (Å²) in [4.78, 5) is -0.477. The van der Waals surface area contributed by atoms with Gasteiger partial charge in [-0.15, -0.1) is 0 Å². The van der Waals surface area contributed by atoms with Crippen molar-refractivity contribution in [3.05, 3.63) is 22.4 Å². The summed E-state index contributed by atoms with van der Waals surface area (Å²) in [7, 11) is -2.47. The van der Waals surface area contributed by atoms with Crippen LogP contribution in [-0.2, 0) is 14.8 Å². The Morgan fingerprint density at radius 1 is 1.53 bits per heavy atom. The molecule has 1 rings (SSSR count). The summed E-state index contributed by atoms with van der Waals surface area (Å²) < 4.78 is 44.1. The van der Waals surface area contributed by atoms with Crippen LogP contribution >= 0.6 is 15.9 Å². The van der Waals surface area contributed by atoms with E-state index in [4.69, 9.17) is 10.5 Å². The molecule has 8 heteroatoms. The van der Waals surface area contributed by atoms with Gasteiger partial charge in [0.05, 0.1) is 6.61 Å². The first-order valence-electron chi connectivity index (χ1n) is 4.61. The monoisotopic (exact) mass is 326 g/mol. The molecule has 0 heterocycles. The third kappa shape index (κ3) is 3.63. The van der Waals surface area contributed by atoms with Gasteiger partial charge in [0.15, 0.2) is 0 Å². The molecule has 17 heavy (non-hydrogen) atoms. The number of ether oxygens (including phenoxy) is 1. The van der Waals surface area contributed by atoms with Crippen LogP contribution in [0.15, 0.2) is 21.5 Å². The molecule has 5 nitrogen and oxygen atoms in total. The van der Waals surface area contributed by atoms with Crippen molar-refractivity contribution in [3.8, 4) is 0 Å². The SMILES string of the molecule is COCCNS(=O)(=O)c1cc(N)c(Br)cc1F. The molecule has 0 saturated carbocycles. The Morgan fingerprint density at radius 3 is 2.76 bits per heavy atom. The maximum Gasteiger partial charge on any atom is 0.243 e. The van der Waals surface area contributed by atoms with Gasteiger partial charge in [-0.25, -0.2) is 17.5 Å². The van der Waals surface area contributed by atoms with E-state index < -0.39 is 20.7 Å². The van der Waals surface area contributed by atoms with Gasteiger partial charge in [0.25, 0.3) is 0 Å². The number of rotatable bonds is 5. The molecule has 0 amide bonds. The second-order valence-electron chi connectivity index (χ2n) is 3.19. The highest BCUT2D eigenvalue weighted by molar-refractivity contribution is 9.10. The van der Waals surface area contributed by atoms with Gasteiger partial charge < -0.3 is 10.5 Å². The van der Waals surface area contributed by atoms with Crippen LogP contribution in [0.2, 0.25) is 0 Å². The summed E-state index contributed by atoms with van der Waals surface area (Å²) in [6.45, 7) is 0.265. The third-order valence-corrected chi connectivity index (χ3v) is 4.10. The van der Waals surface area contributed by atoms with Crippen molar-refractivity contribution >= 4 is 31.6 Å². The van der Waals surface area contributed by atoms with Gasteiger partial charge in [-0.05, 0) is 28.1 Å². The van der Waals surface area contributed by atoms with Crippen molar-refractivity contribution in [2.45, 2.75) is 4.90 Å². The average Bonchev–Trinajstić information content (AvgIpc) is 2.23. The predicted octanol–water partition coefficient (Wildman–Crippen LogP) is 1.10. The molecule has 0 unspecified atom stereocenters. The standard InChI is InChI=1S/C9H12BrFN2O3S/c1-16-3-2-13-17(14,15)9-5-8(12)6(10)4-7(9)11/h4-5,13H,2-3,12H2,1H3. The Morgan fingerprint density at radius 2 is 2.18 bits per heavy atom. The van der Waals surface area contributed by atoms with Crippen LogP contribution in [0.4, 0.5) is 10.1 Å². The van der Waals surface area contributed by atoms with E-state index in [1.54, 1.807) is 0 Å². The van der Waals surface area contributed by atoms with Gasteiger partial charge >= 0.3 is 0 Å². The molecule has 0 aromatic heterocycles. The van der Waals surface area contributed by atoms with Crippen LogP contribution in [-0.4, -0.2) is 28.7 Å². The van der Waals surface area contributed by atoms with E-state index in [-0.39, 0.29) is 18.8 Å². The number of nitrogens with one attached hydrogen (secondary N) is 1. The first-order chi connectivity index (χ1) is 7.88. The van der Waals surface area contributed by atoms with E-state index in [0.717, 1.165) is 12.1 Å². The smallest absolute Gasteiger partial charge is 0.243 e. The van der Waals surface area contributed by atoms with Gasteiger partial charge in [-0.1, -0.05) is 0 Å². The van der Waals surface area contributed by atoms with Gasteiger partial charge in [-0.2, -0.15) is 0 Å². The summed E-state index contributed by atoms with van der Waals surface area (Å²) in [6.07, 6.45) is 0. The largest absolute Gasteiger partial charge is 0.398 e. The Hall–Kier alpha value is -0.700. The number of hydrogen-bond donors (Lipinski definition) is 2. The Labute approximate surface area is 107 Å². The van der Waals surface area contributed by atoms with Crippen LogP contribution in [0, 0.1) is 5.82 Å². The number of benzene rings is 1. The summed E-state index contributed by atoms with van der Waals surface area (Å²) in [5.74, 6) is -0.865. The Balaban J connectivity index is 3.03. The van der Waals surface area contributed by atoms with E-state index in [1.165, 1.54) is 7.11 Å². The Bertz CT molecular complexity index is 507. The second-order valence-corrected chi connectivity index (χ2v) is 5.78. The lowest BCUT2D eigenvalue weighted by atomic mass is 10.3. The lowest BCUT2D eigenvalue weighted by Gasteiger charge is -2.08. The molecular weight excluding hydrogens is 315 g/mol. The minimum atomic E-state index is -3.91. The van der Waals surface area contributed by atoms with E-state index >= 15 is 0 Å². The lowest BCUT2D eigenvalue weighted by molar-refractivity contribution is 0.204. The van der Waals surface area contributed by atoms with E-state index in [1.807, 2.05) is 0 Å². The molecule has 0 aliphatic heterocycles. The summed E-state index contributed by atoms with van der Waals surface area (Å²) in [5.41, 5.74) is 5.66. The fraction of sp³-hybridized carbons (Fsp3) is 0.333. The van der Waals surface area contributed by atoms with Crippen molar-refractivity contribution in [2.24, 2.45) is 0 Å². The van der Waals surface area contributed by atoms with Crippen molar-refractivity contribution in [1.29, 1.82) is 0 Å². The molecule has 0 radical (unpaired) electrons. The van der Waals surface area contributed by atoms with E-state index in [9.17, 15) is 12.8 Å². The minimum Gasteiger partial charge on any atom is -0.398 e. The molecule has 0 atom stereocenters. The first kappa shape index (κ1) is 14.4. The number of sulfonamides is 1. The zero-order chi connectivity index (χ0) is 13.1. The summed E-state index contributed by atoms with van der Waals surface area (Å²) in [5, 5.41) is 0.